The molecule has 0 heterocycles. The van der Waals surface area contributed by atoms with Crippen LogP contribution in [0.25, 0.3) is 0 Å². The van der Waals surface area contributed by atoms with E-state index < -0.39 is 0 Å². The van der Waals surface area contributed by atoms with Crippen LogP contribution in [0.15, 0.2) is 24.3 Å². The summed E-state index contributed by atoms with van der Waals surface area (Å²) in [5.41, 5.74) is 2.71. The van der Waals surface area contributed by atoms with E-state index in [1.54, 1.807) is 0 Å². The third-order valence-electron chi connectivity index (χ3n) is 2.81. The Labute approximate surface area is 105 Å². The predicted octanol–water partition coefficient (Wildman–Crippen LogP) is 4.50. The maximum Gasteiger partial charge on any atom is 0.150 e. The fraction of sp³-hybridized carbons (Fsp3) is 0.562. The van der Waals surface area contributed by atoms with Crippen molar-refractivity contribution in [2.45, 2.75) is 47.5 Å². The van der Waals surface area contributed by atoms with Crippen LogP contribution in [0.1, 0.15) is 57.0 Å². The van der Waals surface area contributed by atoms with Gasteiger partial charge in [-0.2, -0.15) is 0 Å². The van der Waals surface area contributed by atoms with Crippen molar-refractivity contribution in [1.82, 2.24) is 0 Å². The summed E-state index contributed by atoms with van der Waals surface area (Å²) in [5, 5.41) is 0. The molecule has 0 amide bonds. The summed E-state index contributed by atoms with van der Waals surface area (Å²) in [6.45, 7) is 11.5. The van der Waals surface area contributed by atoms with Gasteiger partial charge in [0.05, 0.1) is 0 Å². The molecule has 0 aromatic heterocycles. The van der Waals surface area contributed by atoms with Gasteiger partial charge in [0.25, 0.3) is 0 Å². The number of rotatable bonds is 4. The standard InChI is InChI=1S/C16H24O/c1-15(2,3)12-16(4,5)10-13-6-8-14(11-17)9-7-13/h6-9,11H,10,12H2,1-5H3. The van der Waals surface area contributed by atoms with Crippen molar-refractivity contribution in [2.75, 3.05) is 0 Å². The Balaban J connectivity index is 2.72. The van der Waals surface area contributed by atoms with E-state index in [2.05, 4.69) is 46.8 Å². The van der Waals surface area contributed by atoms with Gasteiger partial charge in [-0.25, -0.2) is 0 Å². The first-order chi connectivity index (χ1) is 7.72. The molecule has 0 saturated carbocycles. The molecule has 0 aliphatic carbocycles. The van der Waals surface area contributed by atoms with Crippen LogP contribution in [0.3, 0.4) is 0 Å². The zero-order valence-corrected chi connectivity index (χ0v) is 11.7. The second-order valence-corrected chi connectivity index (χ2v) is 6.94. The van der Waals surface area contributed by atoms with Crippen molar-refractivity contribution in [3.63, 3.8) is 0 Å². The highest BCUT2D eigenvalue weighted by Crippen LogP contribution is 2.35. The van der Waals surface area contributed by atoms with Gasteiger partial charge in [0.1, 0.15) is 6.29 Å². The van der Waals surface area contributed by atoms with Crippen LogP contribution < -0.4 is 0 Å². The van der Waals surface area contributed by atoms with E-state index in [4.69, 9.17) is 0 Å². The molecule has 94 valence electrons. The molecular formula is C16H24O. The Kier molecular flexibility index (Phi) is 4.13. The zero-order chi connectivity index (χ0) is 13.1. The van der Waals surface area contributed by atoms with Gasteiger partial charge in [0.15, 0.2) is 0 Å². The summed E-state index contributed by atoms with van der Waals surface area (Å²) in [6, 6.07) is 7.92. The molecule has 0 saturated heterocycles. The van der Waals surface area contributed by atoms with Crippen molar-refractivity contribution >= 4 is 6.29 Å². The van der Waals surface area contributed by atoms with E-state index in [0.29, 0.717) is 10.8 Å². The number of carbonyl (C=O) groups excluding carboxylic acids is 1. The number of hydrogen-bond donors (Lipinski definition) is 0. The largest absolute Gasteiger partial charge is 0.298 e. The molecule has 0 aliphatic heterocycles. The Morgan fingerprint density at radius 1 is 1.00 bits per heavy atom. The SMILES string of the molecule is CC(C)(C)CC(C)(C)Cc1ccc(C=O)cc1. The fourth-order valence-electron chi connectivity index (χ4n) is 2.76. The highest BCUT2D eigenvalue weighted by Gasteiger charge is 2.25. The molecule has 0 fully saturated rings. The summed E-state index contributed by atoms with van der Waals surface area (Å²) < 4.78 is 0. The lowest BCUT2D eigenvalue weighted by Crippen LogP contribution is -2.23. The number of hydrogen-bond acceptors (Lipinski definition) is 1. The molecule has 1 aromatic rings. The molecule has 0 atom stereocenters. The molecule has 17 heavy (non-hydrogen) atoms. The van der Waals surface area contributed by atoms with Gasteiger partial charge >= 0.3 is 0 Å². The summed E-state index contributed by atoms with van der Waals surface area (Å²) >= 11 is 0. The number of aldehydes is 1. The van der Waals surface area contributed by atoms with E-state index >= 15 is 0 Å². The average molecular weight is 232 g/mol. The normalized spacial score (nSPS) is 12.5. The average Bonchev–Trinajstić information content (AvgIpc) is 2.14. The van der Waals surface area contributed by atoms with Crippen molar-refractivity contribution in [2.24, 2.45) is 10.8 Å². The highest BCUT2D eigenvalue weighted by molar-refractivity contribution is 5.74. The van der Waals surface area contributed by atoms with Gasteiger partial charge in [-0.3, -0.25) is 4.79 Å². The third kappa shape index (κ3) is 5.16. The van der Waals surface area contributed by atoms with Gasteiger partial charge in [0.2, 0.25) is 0 Å². The summed E-state index contributed by atoms with van der Waals surface area (Å²) in [7, 11) is 0. The molecule has 0 bridgehead atoms. The van der Waals surface area contributed by atoms with Crippen molar-refractivity contribution in [1.29, 1.82) is 0 Å². The Bertz CT molecular complexity index is 366. The summed E-state index contributed by atoms with van der Waals surface area (Å²) in [5.74, 6) is 0. The van der Waals surface area contributed by atoms with E-state index in [-0.39, 0.29) is 0 Å². The third-order valence-corrected chi connectivity index (χ3v) is 2.81. The van der Waals surface area contributed by atoms with Gasteiger partial charge in [0, 0.05) is 5.56 Å². The summed E-state index contributed by atoms with van der Waals surface area (Å²) in [6.07, 6.45) is 3.14. The minimum absolute atomic E-state index is 0.293. The first-order valence-electron chi connectivity index (χ1n) is 6.26. The van der Waals surface area contributed by atoms with Crippen LogP contribution in [0, 0.1) is 10.8 Å². The lowest BCUT2D eigenvalue weighted by molar-refractivity contribution is 0.112. The summed E-state index contributed by atoms with van der Waals surface area (Å²) in [4.78, 5) is 10.6. The van der Waals surface area contributed by atoms with Crippen LogP contribution in [0.5, 0.6) is 0 Å². The van der Waals surface area contributed by atoms with Crippen molar-refractivity contribution in [3.05, 3.63) is 35.4 Å². The van der Waals surface area contributed by atoms with Crippen LogP contribution in [0.4, 0.5) is 0 Å². The highest BCUT2D eigenvalue weighted by atomic mass is 16.1. The molecule has 0 spiro atoms. The maximum atomic E-state index is 10.6. The Hall–Kier alpha value is -1.11. The predicted molar refractivity (Wildman–Crippen MR) is 73.4 cm³/mol. The van der Waals surface area contributed by atoms with Gasteiger partial charge in [-0.15, -0.1) is 0 Å². The molecule has 0 aliphatic rings. The lowest BCUT2D eigenvalue weighted by atomic mass is 9.73. The molecule has 0 N–H and O–H groups in total. The molecule has 1 nitrogen and oxygen atoms in total. The van der Waals surface area contributed by atoms with Gasteiger partial charge in [-0.1, -0.05) is 58.9 Å². The lowest BCUT2D eigenvalue weighted by Gasteiger charge is -2.32. The van der Waals surface area contributed by atoms with Gasteiger partial charge in [-0.05, 0) is 29.2 Å². The first-order valence-corrected chi connectivity index (χ1v) is 6.26. The monoisotopic (exact) mass is 232 g/mol. The Morgan fingerprint density at radius 2 is 1.53 bits per heavy atom. The molecule has 1 rings (SSSR count). The molecule has 1 heteroatoms. The molecular weight excluding hydrogens is 208 g/mol. The minimum Gasteiger partial charge on any atom is -0.298 e. The second kappa shape index (κ2) is 5.03. The number of benzene rings is 1. The Morgan fingerprint density at radius 3 is 1.94 bits per heavy atom. The van der Waals surface area contributed by atoms with E-state index in [1.807, 2.05) is 12.1 Å². The fourth-order valence-corrected chi connectivity index (χ4v) is 2.76. The smallest absolute Gasteiger partial charge is 0.150 e. The van der Waals surface area contributed by atoms with Crippen molar-refractivity contribution < 1.29 is 4.79 Å². The zero-order valence-electron chi connectivity index (χ0n) is 11.7. The molecule has 0 unspecified atom stereocenters. The van der Waals surface area contributed by atoms with E-state index in [1.165, 1.54) is 12.0 Å². The number of carbonyl (C=O) groups is 1. The quantitative estimate of drug-likeness (QED) is 0.698. The first kappa shape index (κ1) is 14.0. The van der Waals surface area contributed by atoms with Crippen LogP contribution >= 0.6 is 0 Å². The van der Waals surface area contributed by atoms with Crippen molar-refractivity contribution in [3.8, 4) is 0 Å². The molecule has 1 aromatic carbocycles. The van der Waals surface area contributed by atoms with Crippen LogP contribution in [0.2, 0.25) is 0 Å². The van der Waals surface area contributed by atoms with E-state index in [9.17, 15) is 4.79 Å². The minimum atomic E-state index is 0.293. The van der Waals surface area contributed by atoms with Gasteiger partial charge < -0.3 is 0 Å². The van der Waals surface area contributed by atoms with Crippen LogP contribution in [-0.2, 0) is 6.42 Å². The molecule has 0 radical (unpaired) electrons. The van der Waals surface area contributed by atoms with Crippen LogP contribution in [-0.4, -0.2) is 6.29 Å². The van der Waals surface area contributed by atoms with E-state index in [0.717, 1.165) is 18.3 Å². The second-order valence-electron chi connectivity index (χ2n) is 6.94. The topological polar surface area (TPSA) is 17.1 Å². The maximum absolute atomic E-state index is 10.6.